The standard InChI is InChI=1S/C23H28FN5O4/c1-31-23-18(24)9-16(10-25-23)28-7-4-19-17(11-28)22(27-14-26-19)33-21-3-2-6-29(21)20-13-32-8-5-15(20)12-30/h9-10,12,14-15,20-21H,2-8,11,13H2,1H3. The van der Waals surface area contributed by atoms with Crippen LogP contribution < -0.4 is 14.4 Å². The number of hydrogen-bond acceptors (Lipinski definition) is 9. The van der Waals surface area contributed by atoms with E-state index in [0.29, 0.717) is 44.3 Å². The van der Waals surface area contributed by atoms with Gasteiger partial charge in [-0.3, -0.25) is 4.90 Å². The summed E-state index contributed by atoms with van der Waals surface area (Å²) in [6.45, 7) is 3.20. The zero-order chi connectivity index (χ0) is 22.8. The average molecular weight is 458 g/mol. The number of pyridine rings is 1. The summed E-state index contributed by atoms with van der Waals surface area (Å²) in [6, 6.07) is 1.45. The first kappa shape index (κ1) is 22.0. The number of aldehydes is 1. The molecule has 0 aliphatic carbocycles. The van der Waals surface area contributed by atoms with Gasteiger partial charge in [-0.1, -0.05) is 0 Å². The van der Waals surface area contributed by atoms with E-state index in [9.17, 15) is 9.18 Å². The molecule has 176 valence electrons. The number of likely N-dealkylation sites (tertiary alicyclic amines) is 1. The Morgan fingerprint density at radius 1 is 1.21 bits per heavy atom. The minimum Gasteiger partial charge on any atom is -0.479 e. The van der Waals surface area contributed by atoms with Crippen LogP contribution >= 0.6 is 0 Å². The second-order valence-electron chi connectivity index (χ2n) is 8.64. The Labute approximate surface area is 191 Å². The Balaban J connectivity index is 1.36. The van der Waals surface area contributed by atoms with E-state index < -0.39 is 5.82 Å². The van der Waals surface area contributed by atoms with Gasteiger partial charge in [-0.05, 0) is 19.3 Å². The third kappa shape index (κ3) is 4.37. The summed E-state index contributed by atoms with van der Waals surface area (Å²) in [5, 5.41) is 0. The Morgan fingerprint density at radius 3 is 2.94 bits per heavy atom. The second kappa shape index (κ2) is 9.56. The van der Waals surface area contributed by atoms with E-state index in [4.69, 9.17) is 14.2 Å². The molecule has 3 aliphatic heterocycles. The van der Waals surface area contributed by atoms with E-state index >= 15 is 0 Å². The van der Waals surface area contributed by atoms with Crippen LogP contribution in [0.5, 0.6) is 11.8 Å². The van der Waals surface area contributed by atoms with Crippen molar-refractivity contribution >= 4 is 12.0 Å². The zero-order valence-electron chi connectivity index (χ0n) is 18.7. The van der Waals surface area contributed by atoms with Gasteiger partial charge in [0.15, 0.2) is 12.0 Å². The molecular formula is C23H28FN5O4. The average Bonchev–Trinajstić information content (AvgIpc) is 3.32. The topological polar surface area (TPSA) is 89.9 Å². The molecule has 10 heteroatoms. The molecule has 3 unspecified atom stereocenters. The summed E-state index contributed by atoms with van der Waals surface area (Å²) in [5.74, 6) is -0.0223. The molecule has 3 aliphatic rings. The van der Waals surface area contributed by atoms with E-state index in [1.807, 2.05) is 4.90 Å². The number of ether oxygens (including phenoxy) is 3. The van der Waals surface area contributed by atoms with Crippen molar-refractivity contribution < 1.29 is 23.4 Å². The lowest BCUT2D eigenvalue weighted by atomic mass is 9.95. The highest BCUT2D eigenvalue weighted by molar-refractivity contribution is 5.55. The van der Waals surface area contributed by atoms with Crippen molar-refractivity contribution in [3.05, 3.63) is 35.7 Å². The van der Waals surface area contributed by atoms with Crippen LogP contribution in [-0.2, 0) is 22.5 Å². The number of rotatable bonds is 6. The molecule has 5 heterocycles. The number of anilines is 1. The lowest BCUT2D eigenvalue weighted by Gasteiger charge is -2.38. The molecule has 3 atom stereocenters. The van der Waals surface area contributed by atoms with Crippen LogP contribution in [0.3, 0.4) is 0 Å². The third-order valence-corrected chi connectivity index (χ3v) is 6.78. The minimum atomic E-state index is -0.498. The molecule has 0 N–H and O–H groups in total. The predicted molar refractivity (Wildman–Crippen MR) is 117 cm³/mol. The molecule has 2 aromatic rings. The number of nitrogens with zero attached hydrogens (tertiary/aromatic N) is 5. The van der Waals surface area contributed by atoms with Gasteiger partial charge in [0, 0.05) is 44.1 Å². The molecule has 0 aromatic carbocycles. The third-order valence-electron chi connectivity index (χ3n) is 6.78. The molecule has 0 radical (unpaired) electrons. The van der Waals surface area contributed by atoms with Crippen LogP contribution in [0.2, 0.25) is 0 Å². The largest absolute Gasteiger partial charge is 0.479 e. The molecule has 33 heavy (non-hydrogen) atoms. The quantitative estimate of drug-likeness (QED) is 0.604. The van der Waals surface area contributed by atoms with Crippen LogP contribution in [0.4, 0.5) is 10.1 Å². The number of hydrogen-bond donors (Lipinski definition) is 0. The first-order valence-electron chi connectivity index (χ1n) is 11.4. The molecule has 5 rings (SSSR count). The number of halogens is 1. The van der Waals surface area contributed by atoms with Crippen LogP contribution in [-0.4, -0.2) is 71.8 Å². The number of carbonyl (C=O) groups is 1. The van der Waals surface area contributed by atoms with Gasteiger partial charge in [0.05, 0.1) is 43.4 Å². The summed E-state index contributed by atoms with van der Waals surface area (Å²) in [4.78, 5) is 28.9. The van der Waals surface area contributed by atoms with Gasteiger partial charge in [-0.15, -0.1) is 0 Å². The monoisotopic (exact) mass is 457 g/mol. The summed E-state index contributed by atoms with van der Waals surface area (Å²) >= 11 is 0. The van der Waals surface area contributed by atoms with Crippen molar-refractivity contribution in [1.29, 1.82) is 0 Å². The van der Waals surface area contributed by atoms with Crippen LogP contribution in [0.25, 0.3) is 0 Å². The van der Waals surface area contributed by atoms with E-state index in [1.54, 1.807) is 6.20 Å². The Morgan fingerprint density at radius 2 is 2.12 bits per heavy atom. The zero-order valence-corrected chi connectivity index (χ0v) is 18.7. The van der Waals surface area contributed by atoms with E-state index in [2.05, 4.69) is 19.9 Å². The van der Waals surface area contributed by atoms with Gasteiger partial charge in [-0.25, -0.2) is 19.3 Å². The van der Waals surface area contributed by atoms with Gasteiger partial charge in [0.2, 0.25) is 11.8 Å². The van der Waals surface area contributed by atoms with Gasteiger partial charge >= 0.3 is 0 Å². The molecular weight excluding hydrogens is 429 g/mol. The summed E-state index contributed by atoms with van der Waals surface area (Å²) in [7, 11) is 1.40. The fourth-order valence-electron chi connectivity index (χ4n) is 5.01. The SMILES string of the molecule is COc1ncc(N2CCc3ncnc(OC4CCCN4C4COCCC4C=O)c3C2)cc1F. The number of methoxy groups -OCH3 is 1. The lowest BCUT2D eigenvalue weighted by molar-refractivity contribution is -0.121. The molecule has 2 fully saturated rings. The predicted octanol–water partition coefficient (Wildman–Crippen LogP) is 1.99. The first-order valence-corrected chi connectivity index (χ1v) is 11.4. The van der Waals surface area contributed by atoms with Gasteiger partial charge in [0.1, 0.15) is 12.6 Å². The van der Waals surface area contributed by atoms with Crippen LogP contribution in [0.1, 0.15) is 30.5 Å². The number of fused-ring (bicyclic) bond motifs is 1. The fraction of sp³-hybridized carbons (Fsp3) is 0.565. The maximum absolute atomic E-state index is 14.2. The summed E-state index contributed by atoms with van der Waals surface area (Å²) in [6.07, 6.45) is 7.31. The second-order valence-corrected chi connectivity index (χ2v) is 8.64. The van der Waals surface area contributed by atoms with Crippen molar-refractivity contribution in [2.75, 3.05) is 38.3 Å². The van der Waals surface area contributed by atoms with Gasteiger partial charge in [-0.2, -0.15) is 0 Å². The molecule has 2 aromatic heterocycles. The fourth-order valence-corrected chi connectivity index (χ4v) is 5.01. The van der Waals surface area contributed by atoms with Crippen molar-refractivity contribution in [2.45, 2.75) is 44.5 Å². The summed E-state index contributed by atoms with van der Waals surface area (Å²) < 4.78 is 31.3. The van der Waals surface area contributed by atoms with Crippen molar-refractivity contribution in [3.63, 3.8) is 0 Å². The Kier molecular flexibility index (Phi) is 6.37. The van der Waals surface area contributed by atoms with E-state index in [0.717, 1.165) is 43.4 Å². The maximum atomic E-state index is 14.2. The van der Waals surface area contributed by atoms with Crippen LogP contribution in [0, 0.1) is 11.7 Å². The van der Waals surface area contributed by atoms with Gasteiger partial charge in [0.25, 0.3) is 0 Å². The van der Waals surface area contributed by atoms with E-state index in [-0.39, 0.29) is 24.1 Å². The van der Waals surface area contributed by atoms with Crippen molar-refractivity contribution in [1.82, 2.24) is 19.9 Å². The van der Waals surface area contributed by atoms with Crippen molar-refractivity contribution in [2.24, 2.45) is 5.92 Å². The highest BCUT2D eigenvalue weighted by Gasteiger charge is 2.39. The minimum absolute atomic E-state index is 0.0197. The van der Waals surface area contributed by atoms with E-state index in [1.165, 1.54) is 19.5 Å². The Hall–Kier alpha value is -2.85. The molecule has 0 amide bonds. The summed E-state index contributed by atoms with van der Waals surface area (Å²) in [5.41, 5.74) is 2.51. The highest BCUT2D eigenvalue weighted by Crippen LogP contribution is 2.33. The maximum Gasteiger partial charge on any atom is 0.250 e. The molecule has 0 spiro atoms. The Bertz CT molecular complexity index is 1010. The van der Waals surface area contributed by atoms with Crippen LogP contribution in [0.15, 0.2) is 18.6 Å². The molecule has 9 nitrogen and oxygen atoms in total. The first-order chi connectivity index (χ1) is 16.2. The van der Waals surface area contributed by atoms with Crippen molar-refractivity contribution in [3.8, 4) is 11.8 Å². The molecule has 0 bridgehead atoms. The normalized spacial score (nSPS) is 25.5. The van der Waals surface area contributed by atoms with Gasteiger partial charge < -0.3 is 23.9 Å². The lowest BCUT2D eigenvalue weighted by Crippen LogP contribution is -2.51. The molecule has 2 saturated heterocycles. The smallest absolute Gasteiger partial charge is 0.250 e. The number of aromatic nitrogens is 3. The highest BCUT2D eigenvalue weighted by atomic mass is 19.1. The number of carbonyl (C=O) groups excluding carboxylic acids is 1. The molecule has 0 saturated carbocycles.